The summed E-state index contributed by atoms with van der Waals surface area (Å²) in [5.74, 6) is -0.360. The zero-order valence-electron chi connectivity index (χ0n) is 8.11. The second kappa shape index (κ2) is 7.43. The predicted octanol–water partition coefficient (Wildman–Crippen LogP) is -2.30. The van der Waals surface area contributed by atoms with Crippen molar-refractivity contribution in [3.05, 3.63) is 0 Å². The molecule has 2 atom stereocenters. The van der Waals surface area contributed by atoms with Crippen LogP contribution in [0.15, 0.2) is 0 Å². The first-order valence-electron chi connectivity index (χ1n) is 4.57. The third-order valence-electron chi connectivity index (χ3n) is 1.80. The van der Waals surface area contributed by atoms with Gasteiger partial charge in [-0.3, -0.25) is 4.79 Å². The molecule has 0 fully saturated rings. The summed E-state index contributed by atoms with van der Waals surface area (Å²) < 4.78 is 0. The van der Waals surface area contributed by atoms with Crippen LogP contribution in [0.1, 0.15) is 12.8 Å². The number of rotatable bonds is 7. The topological polar surface area (TPSA) is 124 Å². The zero-order chi connectivity index (χ0) is 11.0. The molecule has 0 spiro atoms. The molecule has 0 heterocycles. The van der Waals surface area contributed by atoms with Crippen LogP contribution >= 0.6 is 0 Å². The SMILES string of the molecule is NCCC[C@@H](N)C(=O)N[C@@H](C=O)CN. The minimum Gasteiger partial charge on any atom is -0.344 e. The van der Waals surface area contributed by atoms with Crippen molar-refractivity contribution in [2.75, 3.05) is 13.1 Å². The number of hydrogen-bond donors (Lipinski definition) is 4. The first kappa shape index (κ1) is 13.0. The summed E-state index contributed by atoms with van der Waals surface area (Å²) in [6.45, 7) is 0.577. The average Bonchev–Trinajstić information content (AvgIpc) is 2.21. The number of nitrogens with two attached hydrogens (primary N) is 3. The number of hydrogen-bond acceptors (Lipinski definition) is 5. The molecule has 0 aliphatic rings. The fourth-order valence-corrected chi connectivity index (χ4v) is 0.907. The van der Waals surface area contributed by atoms with Crippen molar-refractivity contribution in [2.24, 2.45) is 17.2 Å². The number of amides is 1. The summed E-state index contributed by atoms with van der Waals surface area (Å²) in [6.07, 6.45) is 1.79. The molecule has 0 bridgehead atoms. The minimum atomic E-state index is -0.647. The van der Waals surface area contributed by atoms with Crippen molar-refractivity contribution in [1.29, 1.82) is 0 Å². The molecular formula is C8H18N4O2. The highest BCUT2D eigenvalue weighted by Gasteiger charge is 2.15. The van der Waals surface area contributed by atoms with Gasteiger partial charge in [0.25, 0.3) is 0 Å². The summed E-state index contributed by atoms with van der Waals surface area (Å²) >= 11 is 0. The van der Waals surface area contributed by atoms with Crippen LogP contribution in [-0.4, -0.2) is 37.4 Å². The molecule has 7 N–H and O–H groups in total. The van der Waals surface area contributed by atoms with Gasteiger partial charge < -0.3 is 27.3 Å². The Kier molecular flexibility index (Phi) is 6.91. The standard InChI is InChI=1S/C8H18N4O2/c9-3-1-2-7(11)8(14)12-6(4-10)5-13/h5-7H,1-4,9-11H2,(H,12,14)/t6-,7-/m1/s1. The van der Waals surface area contributed by atoms with Crippen LogP contribution in [0.4, 0.5) is 0 Å². The molecule has 0 rings (SSSR count). The Labute approximate surface area is 83.2 Å². The van der Waals surface area contributed by atoms with E-state index < -0.39 is 12.1 Å². The summed E-state index contributed by atoms with van der Waals surface area (Å²) in [4.78, 5) is 21.6. The molecule has 82 valence electrons. The normalized spacial score (nSPS) is 14.5. The summed E-state index contributed by atoms with van der Waals surface area (Å²) in [6, 6.07) is -1.26. The van der Waals surface area contributed by atoms with Gasteiger partial charge in [0, 0.05) is 6.54 Å². The molecule has 0 saturated carbocycles. The fraction of sp³-hybridized carbons (Fsp3) is 0.750. The largest absolute Gasteiger partial charge is 0.344 e. The molecule has 0 aromatic carbocycles. The number of carbonyl (C=O) groups excluding carboxylic acids is 2. The predicted molar refractivity (Wildman–Crippen MR) is 53.3 cm³/mol. The first-order chi connectivity index (χ1) is 6.65. The van der Waals surface area contributed by atoms with Crippen LogP contribution in [0.2, 0.25) is 0 Å². The monoisotopic (exact) mass is 202 g/mol. The lowest BCUT2D eigenvalue weighted by Gasteiger charge is -2.14. The highest BCUT2D eigenvalue weighted by molar-refractivity contribution is 5.84. The van der Waals surface area contributed by atoms with Crippen LogP contribution in [0.25, 0.3) is 0 Å². The molecule has 0 aliphatic carbocycles. The quantitative estimate of drug-likeness (QED) is 0.345. The van der Waals surface area contributed by atoms with Gasteiger partial charge in [-0.05, 0) is 19.4 Å². The highest BCUT2D eigenvalue weighted by Crippen LogP contribution is 1.93. The van der Waals surface area contributed by atoms with Gasteiger partial charge in [-0.25, -0.2) is 0 Å². The molecular weight excluding hydrogens is 184 g/mol. The van der Waals surface area contributed by atoms with E-state index in [1.807, 2.05) is 0 Å². The van der Waals surface area contributed by atoms with Gasteiger partial charge in [0.2, 0.25) is 5.91 Å². The van der Waals surface area contributed by atoms with E-state index in [0.29, 0.717) is 25.7 Å². The lowest BCUT2D eigenvalue weighted by Crippen LogP contribution is -2.48. The molecule has 0 aromatic rings. The molecule has 0 aliphatic heterocycles. The van der Waals surface area contributed by atoms with Gasteiger partial charge in [0.15, 0.2) is 0 Å². The Morgan fingerprint density at radius 1 is 1.43 bits per heavy atom. The second-order valence-electron chi connectivity index (χ2n) is 3.02. The van der Waals surface area contributed by atoms with Crippen molar-refractivity contribution in [3.8, 4) is 0 Å². The van der Waals surface area contributed by atoms with E-state index in [1.54, 1.807) is 0 Å². The van der Waals surface area contributed by atoms with Crippen molar-refractivity contribution in [2.45, 2.75) is 24.9 Å². The van der Waals surface area contributed by atoms with Crippen LogP contribution in [0.5, 0.6) is 0 Å². The van der Waals surface area contributed by atoms with Crippen molar-refractivity contribution in [1.82, 2.24) is 5.32 Å². The van der Waals surface area contributed by atoms with E-state index in [0.717, 1.165) is 0 Å². The lowest BCUT2D eigenvalue weighted by molar-refractivity contribution is -0.125. The van der Waals surface area contributed by atoms with E-state index in [2.05, 4.69) is 5.32 Å². The molecule has 14 heavy (non-hydrogen) atoms. The summed E-state index contributed by atoms with van der Waals surface area (Å²) in [5, 5.41) is 2.43. The van der Waals surface area contributed by atoms with Crippen molar-refractivity contribution in [3.63, 3.8) is 0 Å². The maximum absolute atomic E-state index is 11.3. The zero-order valence-corrected chi connectivity index (χ0v) is 8.11. The molecule has 0 aromatic heterocycles. The molecule has 0 saturated heterocycles. The van der Waals surface area contributed by atoms with E-state index in [4.69, 9.17) is 17.2 Å². The summed E-state index contributed by atoms with van der Waals surface area (Å²) in [7, 11) is 0. The van der Waals surface area contributed by atoms with Crippen LogP contribution in [0, 0.1) is 0 Å². The Morgan fingerprint density at radius 2 is 2.07 bits per heavy atom. The molecule has 0 unspecified atom stereocenters. The Morgan fingerprint density at radius 3 is 2.50 bits per heavy atom. The van der Waals surface area contributed by atoms with Crippen LogP contribution in [0.3, 0.4) is 0 Å². The van der Waals surface area contributed by atoms with Crippen LogP contribution in [-0.2, 0) is 9.59 Å². The van der Waals surface area contributed by atoms with Gasteiger partial charge in [-0.2, -0.15) is 0 Å². The van der Waals surface area contributed by atoms with Crippen molar-refractivity contribution >= 4 is 12.2 Å². The molecule has 6 heteroatoms. The highest BCUT2D eigenvalue weighted by atomic mass is 16.2. The molecule has 0 radical (unpaired) electrons. The third-order valence-corrected chi connectivity index (χ3v) is 1.80. The minimum absolute atomic E-state index is 0.0822. The third kappa shape index (κ3) is 4.90. The number of aldehydes is 1. The fourth-order valence-electron chi connectivity index (χ4n) is 0.907. The maximum Gasteiger partial charge on any atom is 0.237 e. The van der Waals surface area contributed by atoms with Gasteiger partial charge >= 0.3 is 0 Å². The lowest BCUT2D eigenvalue weighted by atomic mass is 10.1. The average molecular weight is 202 g/mol. The Hall–Kier alpha value is -0.980. The van der Waals surface area contributed by atoms with Gasteiger partial charge in [-0.1, -0.05) is 0 Å². The Balaban J connectivity index is 3.86. The van der Waals surface area contributed by atoms with E-state index in [1.165, 1.54) is 0 Å². The maximum atomic E-state index is 11.3. The van der Waals surface area contributed by atoms with E-state index in [9.17, 15) is 9.59 Å². The number of nitrogens with one attached hydrogen (secondary N) is 1. The molecule has 1 amide bonds. The first-order valence-corrected chi connectivity index (χ1v) is 4.57. The Bertz CT molecular complexity index is 186. The number of carbonyl (C=O) groups is 2. The van der Waals surface area contributed by atoms with E-state index >= 15 is 0 Å². The van der Waals surface area contributed by atoms with Crippen molar-refractivity contribution < 1.29 is 9.59 Å². The summed E-state index contributed by atoms with van der Waals surface area (Å²) in [5.41, 5.74) is 16.0. The van der Waals surface area contributed by atoms with Crippen LogP contribution < -0.4 is 22.5 Å². The van der Waals surface area contributed by atoms with Gasteiger partial charge in [0.1, 0.15) is 6.29 Å². The van der Waals surface area contributed by atoms with Gasteiger partial charge in [0.05, 0.1) is 12.1 Å². The van der Waals surface area contributed by atoms with Gasteiger partial charge in [-0.15, -0.1) is 0 Å². The second-order valence-corrected chi connectivity index (χ2v) is 3.02. The smallest absolute Gasteiger partial charge is 0.237 e. The molecule has 6 nitrogen and oxygen atoms in total. The van der Waals surface area contributed by atoms with E-state index in [-0.39, 0.29) is 12.5 Å².